The van der Waals surface area contributed by atoms with Gasteiger partial charge in [0.1, 0.15) is 67.1 Å². The number of aliphatic hydroxyl groups is 11. The van der Waals surface area contributed by atoms with Gasteiger partial charge in [-0.15, -0.1) is 0 Å². The number of ether oxygens (including phenoxy) is 6. The van der Waals surface area contributed by atoms with Crippen LogP contribution in [0.2, 0.25) is 0 Å². The third kappa shape index (κ3) is 41.2. The van der Waals surface area contributed by atoms with Gasteiger partial charge in [0.25, 0.3) is 5.79 Å². The van der Waals surface area contributed by atoms with Crippen LogP contribution in [0.25, 0.3) is 0 Å². The zero-order valence-electron chi connectivity index (χ0n) is 65.9. The first-order valence-electron chi connectivity index (χ1n) is 42.9. The number of carbonyl (C=O) groups excluding carboxylic acids is 2. The molecule has 105 heavy (non-hydrogen) atoms. The number of nitrogens with one attached hydrogen (secondary N) is 2. The highest BCUT2D eigenvalue weighted by Gasteiger charge is 2.60. The van der Waals surface area contributed by atoms with Gasteiger partial charge in [0, 0.05) is 19.8 Å². The van der Waals surface area contributed by atoms with E-state index in [1.807, 2.05) is 0 Å². The summed E-state index contributed by atoms with van der Waals surface area (Å²) >= 11 is 0. The van der Waals surface area contributed by atoms with Gasteiger partial charge >= 0.3 is 5.97 Å². The summed E-state index contributed by atoms with van der Waals surface area (Å²) < 4.78 is 35.0. The smallest absolute Gasteiger partial charge is 0.364 e. The van der Waals surface area contributed by atoms with Crippen LogP contribution in [0, 0.1) is 0 Å². The lowest BCUT2D eigenvalue weighted by atomic mass is 9.88. The molecule has 3 aliphatic rings. The van der Waals surface area contributed by atoms with Crippen LogP contribution in [0.15, 0.2) is 0 Å². The SMILES string of the molecule is CCCCCCCCCCCCCCCCCCCCCCCCCCCCCCCCCC(=O)NC(COC1OC(CO)C(OC2OC(CO)C(O)C(OC3(C(=O)O)CC(O)C(NC(C)=O)C(C(O)C(O)CO)O3)C2O)C(O)C1O)C(O)CCCCCCCCCCCCCCCCCCCCCC. The number of carbonyl (C=O) groups is 3. The molecule has 2 amide bonds. The van der Waals surface area contributed by atoms with Gasteiger partial charge in [0.2, 0.25) is 11.8 Å². The van der Waals surface area contributed by atoms with E-state index >= 15 is 0 Å². The molecule has 14 N–H and O–H groups in total. The summed E-state index contributed by atoms with van der Waals surface area (Å²) in [5.74, 6) is -6.09. The fraction of sp³-hybridized carbons (Fsp3) is 0.963. The Kier molecular flexibility index (Phi) is 56.6. The van der Waals surface area contributed by atoms with Crippen molar-refractivity contribution >= 4 is 17.8 Å². The summed E-state index contributed by atoms with van der Waals surface area (Å²) in [6.45, 7) is 2.28. The number of unbranched alkanes of at least 4 members (excludes halogenated alkanes) is 49. The highest BCUT2D eigenvalue weighted by Crippen LogP contribution is 2.39. The van der Waals surface area contributed by atoms with E-state index in [4.69, 9.17) is 28.4 Å². The normalized spacial score (nSPS) is 26.2. The second-order valence-corrected chi connectivity index (χ2v) is 31.4. The molecule has 3 heterocycles. The molecule has 3 aliphatic heterocycles. The Morgan fingerprint density at radius 2 is 0.829 bits per heavy atom. The lowest BCUT2D eigenvalue weighted by molar-refractivity contribution is -0.386. The summed E-state index contributed by atoms with van der Waals surface area (Å²) in [5.41, 5.74) is 0. The number of hydrogen-bond acceptors (Lipinski definition) is 20. The number of rotatable bonds is 69. The minimum Gasteiger partial charge on any atom is -0.477 e. The molecule has 0 aromatic carbocycles. The Hall–Kier alpha value is -2.27. The number of carboxylic acid groups (broad SMARTS) is 1. The highest BCUT2D eigenvalue weighted by atomic mass is 16.8. The van der Waals surface area contributed by atoms with E-state index in [9.17, 15) is 75.7 Å². The van der Waals surface area contributed by atoms with Gasteiger partial charge in [-0.3, -0.25) is 9.59 Å². The van der Waals surface area contributed by atoms with Gasteiger partial charge in [0.15, 0.2) is 12.6 Å². The van der Waals surface area contributed by atoms with Crippen LogP contribution in [-0.4, -0.2) is 215 Å². The average molecular weight is 1510 g/mol. The van der Waals surface area contributed by atoms with Crippen molar-refractivity contribution in [1.29, 1.82) is 0 Å². The van der Waals surface area contributed by atoms with E-state index < -0.39 is 148 Å². The van der Waals surface area contributed by atoms with Crippen molar-refractivity contribution in [2.75, 3.05) is 26.4 Å². The molecular weight excluding hydrogens is 1350 g/mol. The van der Waals surface area contributed by atoms with Crippen molar-refractivity contribution in [2.45, 2.75) is 477 Å². The molecule has 0 spiro atoms. The molecule has 0 saturated carbocycles. The highest BCUT2D eigenvalue weighted by molar-refractivity contribution is 5.77. The number of aliphatic carboxylic acids is 1. The number of aliphatic hydroxyl groups excluding tert-OH is 11. The van der Waals surface area contributed by atoms with Crippen LogP contribution < -0.4 is 10.6 Å². The van der Waals surface area contributed by atoms with E-state index in [1.54, 1.807) is 0 Å². The Morgan fingerprint density at radius 1 is 0.457 bits per heavy atom. The van der Waals surface area contributed by atoms with Crippen molar-refractivity contribution in [3.8, 4) is 0 Å². The molecule has 3 fully saturated rings. The van der Waals surface area contributed by atoms with Crippen LogP contribution in [0.4, 0.5) is 0 Å². The molecule has 18 unspecified atom stereocenters. The van der Waals surface area contributed by atoms with Gasteiger partial charge in [-0.25, -0.2) is 4.79 Å². The fourth-order valence-corrected chi connectivity index (χ4v) is 15.3. The first kappa shape index (κ1) is 96.9. The van der Waals surface area contributed by atoms with Crippen LogP contribution in [0.1, 0.15) is 367 Å². The van der Waals surface area contributed by atoms with Gasteiger partial charge in [-0.05, 0) is 12.8 Å². The van der Waals surface area contributed by atoms with Crippen molar-refractivity contribution in [3.05, 3.63) is 0 Å². The quantitative estimate of drug-likeness (QED) is 0.0252. The summed E-state index contributed by atoms with van der Waals surface area (Å²) in [6, 6.07) is -2.53. The summed E-state index contributed by atoms with van der Waals surface area (Å²) in [4.78, 5) is 38.8. The fourth-order valence-electron chi connectivity index (χ4n) is 15.3. The summed E-state index contributed by atoms with van der Waals surface area (Å²) in [7, 11) is 0. The van der Waals surface area contributed by atoms with Crippen molar-refractivity contribution in [1.82, 2.24) is 10.6 Å². The molecular formula is C82H156N2O21. The Bertz CT molecular complexity index is 2090. The van der Waals surface area contributed by atoms with E-state index in [-0.39, 0.29) is 18.9 Å². The topological polar surface area (TPSA) is 373 Å². The largest absolute Gasteiger partial charge is 0.477 e. The lowest BCUT2D eigenvalue weighted by Gasteiger charge is -2.50. The van der Waals surface area contributed by atoms with Crippen molar-refractivity contribution in [2.24, 2.45) is 0 Å². The lowest BCUT2D eigenvalue weighted by Crippen LogP contribution is -2.70. The van der Waals surface area contributed by atoms with Gasteiger partial charge in [-0.1, -0.05) is 335 Å². The maximum absolute atomic E-state index is 13.6. The minimum absolute atomic E-state index is 0.230. The summed E-state index contributed by atoms with van der Waals surface area (Å²) in [6.07, 6.45) is 36.8. The van der Waals surface area contributed by atoms with Gasteiger partial charge < -0.3 is 100 Å². The van der Waals surface area contributed by atoms with Crippen molar-refractivity contribution < 1.29 is 104 Å². The van der Waals surface area contributed by atoms with Crippen LogP contribution in [-0.2, 0) is 42.8 Å². The number of carboxylic acids is 1. The second kappa shape index (κ2) is 61.3. The first-order valence-corrected chi connectivity index (χ1v) is 42.9. The minimum atomic E-state index is -3.08. The molecule has 620 valence electrons. The van der Waals surface area contributed by atoms with Gasteiger partial charge in [-0.2, -0.15) is 0 Å². The van der Waals surface area contributed by atoms with E-state index in [2.05, 4.69) is 24.5 Å². The average Bonchev–Trinajstić information content (AvgIpc) is 0.755. The molecule has 0 radical (unpaired) electrons. The molecule has 3 saturated heterocycles. The van der Waals surface area contributed by atoms with Crippen LogP contribution in [0.3, 0.4) is 0 Å². The number of amides is 2. The Labute approximate surface area is 633 Å². The molecule has 3 rings (SSSR count). The Morgan fingerprint density at radius 3 is 1.19 bits per heavy atom. The molecule has 0 aliphatic carbocycles. The Balaban J connectivity index is 1.46. The van der Waals surface area contributed by atoms with E-state index in [1.165, 1.54) is 270 Å². The predicted octanol–water partition coefficient (Wildman–Crippen LogP) is 12.4. The predicted molar refractivity (Wildman–Crippen MR) is 408 cm³/mol. The maximum Gasteiger partial charge on any atom is 0.364 e. The zero-order valence-corrected chi connectivity index (χ0v) is 65.9. The van der Waals surface area contributed by atoms with Crippen molar-refractivity contribution in [3.63, 3.8) is 0 Å². The first-order chi connectivity index (χ1) is 50.9. The molecule has 0 aromatic rings. The zero-order chi connectivity index (χ0) is 76.7. The standard InChI is InChI=1S/C82H156N2O21/c1-4-6-8-10-12-14-16-18-20-22-24-26-27-28-29-30-31-32-33-34-35-36-38-40-42-44-46-48-50-52-54-56-69(92)84-63(64(89)55-53-51-49-47-45-43-41-39-37-25-23-21-19-17-15-13-11-9-7-5-2)61-100-79-74(96)73(95)76(68(60-87)102-79)103-80-75(97)78(72(94)67(59-86)101-80)105-82(81(98)99)57-65(90)70(83-62(3)88)77(104-82)71(93)66(91)58-85/h63-68,70-80,85-87,89-91,93-97H,4-61H2,1-3H3,(H,83,88)(H,84,92)(H,98,99). The monoisotopic (exact) mass is 1510 g/mol. The number of hydrogen-bond donors (Lipinski definition) is 14. The van der Waals surface area contributed by atoms with Crippen LogP contribution in [0.5, 0.6) is 0 Å². The maximum atomic E-state index is 13.6. The van der Waals surface area contributed by atoms with Gasteiger partial charge in [0.05, 0.1) is 50.7 Å². The van der Waals surface area contributed by atoms with E-state index in [0.29, 0.717) is 19.3 Å². The second-order valence-electron chi connectivity index (χ2n) is 31.4. The van der Waals surface area contributed by atoms with Crippen LogP contribution >= 0.6 is 0 Å². The third-order valence-corrected chi connectivity index (χ3v) is 22.1. The molecule has 23 heteroatoms. The third-order valence-electron chi connectivity index (χ3n) is 22.1. The molecule has 0 aromatic heterocycles. The molecule has 0 bridgehead atoms. The van der Waals surface area contributed by atoms with E-state index in [0.717, 1.165) is 51.9 Å². The molecule has 18 atom stereocenters. The summed E-state index contributed by atoms with van der Waals surface area (Å²) in [5, 5.41) is 137. The molecule has 23 nitrogen and oxygen atoms in total.